The zero-order chi connectivity index (χ0) is 14.8. The predicted octanol–water partition coefficient (Wildman–Crippen LogP) is 3.35. The molecule has 0 saturated carbocycles. The lowest BCUT2D eigenvalue weighted by Gasteiger charge is -2.23. The summed E-state index contributed by atoms with van der Waals surface area (Å²) in [7, 11) is 0. The van der Waals surface area contributed by atoms with Crippen LogP contribution in [0.2, 0.25) is 0 Å². The molecule has 2 atom stereocenters. The van der Waals surface area contributed by atoms with Gasteiger partial charge in [0, 0.05) is 6.42 Å². The molecule has 20 heavy (non-hydrogen) atoms. The molecule has 0 aromatic heterocycles. The van der Waals surface area contributed by atoms with E-state index >= 15 is 0 Å². The molecular formula is C15H29NO4. The monoisotopic (exact) mass is 287 g/mol. The molecule has 0 radical (unpaired) electrons. The van der Waals surface area contributed by atoms with E-state index in [4.69, 9.17) is 19.9 Å². The number of amides is 1. The maximum absolute atomic E-state index is 10.5. The lowest BCUT2D eigenvalue weighted by molar-refractivity contribution is -0.162. The van der Waals surface area contributed by atoms with Gasteiger partial charge in [0.2, 0.25) is 0 Å². The summed E-state index contributed by atoms with van der Waals surface area (Å²) in [5.74, 6) is -0.533. The molecule has 5 heteroatoms. The summed E-state index contributed by atoms with van der Waals surface area (Å²) in [6.45, 7) is 4.81. The van der Waals surface area contributed by atoms with E-state index in [-0.39, 0.29) is 12.7 Å². The number of ether oxygens (including phenoxy) is 3. The SMILES string of the molecule is CCCCCCCCC[C@@]1(C)OC[C@H](COC(N)=O)O1. The van der Waals surface area contributed by atoms with Crippen LogP contribution in [0.15, 0.2) is 0 Å². The van der Waals surface area contributed by atoms with Gasteiger partial charge in [0.15, 0.2) is 5.79 Å². The summed E-state index contributed by atoms with van der Waals surface area (Å²) in [6.07, 6.45) is 8.80. The molecule has 1 heterocycles. The standard InChI is InChI=1S/C15H29NO4/c1-3-4-5-6-7-8-9-10-15(2)19-12-13(20-15)11-18-14(16)17/h13H,3-12H2,1-2H3,(H2,16,17)/t13-,15-/m0/s1. The molecular weight excluding hydrogens is 258 g/mol. The number of unbranched alkanes of at least 4 members (excludes halogenated alkanes) is 6. The quantitative estimate of drug-likeness (QED) is 0.625. The maximum atomic E-state index is 10.5. The summed E-state index contributed by atoms with van der Waals surface area (Å²) in [5, 5.41) is 0. The summed E-state index contributed by atoms with van der Waals surface area (Å²) in [6, 6.07) is 0. The number of rotatable bonds is 10. The Morgan fingerprint density at radius 1 is 1.25 bits per heavy atom. The second-order valence-corrected chi connectivity index (χ2v) is 5.69. The van der Waals surface area contributed by atoms with Crippen LogP contribution in [0.1, 0.15) is 65.2 Å². The normalized spacial score (nSPS) is 25.8. The van der Waals surface area contributed by atoms with Gasteiger partial charge in [-0.2, -0.15) is 0 Å². The highest BCUT2D eigenvalue weighted by Gasteiger charge is 2.37. The first-order valence-electron chi connectivity index (χ1n) is 7.80. The van der Waals surface area contributed by atoms with Gasteiger partial charge in [-0.05, 0) is 13.3 Å². The lowest BCUT2D eigenvalue weighted by atomic mass is 10.1. The van der Waals surface area contributed by atoms with Crippen LogP contribution in [0.5, 0.6) is 0 Å². The number of carbonyl (C=O) groups is 1. The first-order valence-corrected chi connectivity index (χ1v) is 7.80. The first-order chi connectivity index (χ1) is 9.56. The van der Waals surface area contributed by atoms with Crippen molar-refractivity contribution in [1.82, 2.24) is 0 Å². The third kappa shape index (κ3) is 7.10. The highest BCUT2D eigenvalue weighted by atomic mass is 16.7. The minimum Gasteiger partial charge on any atom is -0.447 e. The Morgan fingerprint density at radius 3 is 2.55 bits per heavy atom. The summed E-state index contributed by atoms with van der Waals surface area (Å²) >= 11 is 0. The number of hydrogen-bond donors (Lipinski definition) is 1. The van der Waals surface area contributed by atoms with Crippen molar-refractivity contribution in [3.8, 4) is 0 Å². The van der Waals surface area contributed by atoms with Crippen molar-refractivity contribution in [2.75, 3.05) is 13.2 Å². The van der Waals surface area contributed by atoms with Gasteiger partial charge in [-0.3, -0.25) is 0 Å². The Labute approximate surface area is 122 Å². The molecule has 1 rings (SSSR count). The van der Waals surface area contributed by atoms with E-state index in [1.54, 1.807) is 0 Å². The van der Waals surface area contributed by atoms with E-state index in [0.717, 1.165) is 12.8 Å². The van der Waals surface area contributed by atoms with Crippen molar-refractivity contribution < 1.29 is 19.0 Å². The van der Waals surface area contributed by atoms with E-state index < -0.39 is 11.9 Å². The van der Waals surface area contributed by atoms with Gasteiger partial charge in [-0.25, -0.2) is 4.79 Å². The van der Waals surface area contributed by atoms with E-state index in [2.05, 4.69) is 6.92 Å². The van der Waals surface area contributed by atoms with Crippen molar-refractivity contribution in [3.05, 3.63) is 0 Å². The second-order valence-electron chi connectivity index (χ2n) is 5.69. The fourth-order valence-electron chi connectivity index (χ4n) is 2.48. The lowest BCUT2D eigenvalue weighted by Crippen LogP contribution is -2.29. The Morgan fingerprint density at radius 2 is 1.90 bits per heavy atom. The average molecular weight is 287 g/mol. The van der Waals surface area contributed by atoms with Crippen LogP contribution in [-0.4, -0.2) is 31.2 Å². The summed E-state index contributed by atoms with van der Waals surface area (Å²) < 4.78 is 16.2. The van der Waals surface area contributed by atoms with Crippen LogP contribution in [0.25, 0.3) is 0 Å². The van der Waals surface area contributed by atoms with E-state index in [0.29, 0.717) is 6.61 Å². The molecule has 1 amide bonds. The van der Waals surface area contributed by atoms with Gasteiger partial charge in [-0.1, -0.05) is 45.4 Å². The van der Waals surface area contributed by atoms with E-state index in [9.17, 15) is 4.79 Å². The van der Waals surface area contributed by atoms with Gasteiger partial charge in [-0.15, -0.1) is 0 Å². The molecule has 0 aliphatic carbocycles. The predicted molar refractivity (Wildman–Crippen MR) is 77.4 cm³/mol. The Bertz CT molecular complexity index is 285. The van der Waals surface area contributed by atoms with Gasteiger partial charge in [0.05, 0.1) is 6.61 Å². The highest BCUT2D eigenvalue weighted by molar-refractivity contribution is 5.64. The molecule has 1 saturated heterocycles. The molecule has 0 spiro atoms. The van der Waals surface area contributed by atoms with Gasteiger partial charge >= 0.3 is 6.09 Å². The van der Waals surface area contributed by atoms with E-state index in [1.807, 2.05) is 6.92 Å². The summed E-state index contributed by atoms with van der Waals surface area (Å²) in [5.41, 5.74) is 4.93. The molecule has 1 aliphatic heterocycles. The minimum absolute atomic E-state index is 0.169. The molecule has 2 N–H and O–H groups in total. The van der Waals surface area contributed by atoms with Crippen molar-refractivity contribution in [1.29, 1.82) is 0 Å². The summed E-state index contributed by atoms with van der Waals surface area (Å²) in [4.78, 5) is 10.5. The third-order valence-electron chi connectivity index (χ3n) is 3.64. The molecule has 1 aliphatic rings. The number of primary amides is 1. The average Bonchev–Trinajstić information content (AvgIpc) is 2.78. The largest absolute Gasteiger partial charge is 0.447 e. The van der Waals surface area contributed by atoms with Crippen LogP contribution in [0, 0.1) is 0 Å². The molecule has 118 valence electrons. The second kappa shape index (κ2) is 9.19. The number of carbonyl (C=O) groups excluding carboxylic acids is 1. The molecule has 0 bridgehead atoms. The van der Waals surface area contributed by atoms with Crippen LogP contribution < -0.4 is 5.73 Å². The zero-order valence-corrected chi connectivity index (χ0v) is 12.9. The van der Waals surface area contributed by atoms with Crippen molar-refractivity contribution in [3.63, 3.8) is 0 Å². The van der Waals surface area contributed by atoms with Crippen LogP contribution >= 0.6 is 0 Å². The minimum atomic E-state index is -0.769. The van der Waals surface area contributed by atoms with Crippen molar-refractivity contribution >= 4 is 6.09 Å². The fraction of sp³-hybridized carbons (Fsp3) is 0.933. The smallest absolute Gasteiger partial charge is 0.404 e. The molecule has 0 aromatic carbocycles. The third-order valence-corrected chi connectivity index (χ3v) is 3.64. The highest BCUT2D eigenvalue weighted by Crippen LogP contribution is 2.29. The zero-order valence-electron chi connectivity index (χ0n) is 12.9. The molecule has 0 aromatic rings. The maximum Gasteiger partial charge on any atom is 0.404 e. The molecule has 1 fully saturated rings. The van der Waals surface area contributed by atoms with Crippen LogP contribution in [0.4, 0.5) is 4.79 Å². The topological polar surface area (TPSA) is 70.8 Å². The van der Waals surface area contributed by atoms with Gasteiger partial charge in [0.25, 0.3) is 0 Å². The van der Waals surface area contributed by atoms with Crippen LogP contribution in [0.3, 0.4) is 0 Å². The van der Waals surface area contributed by atoms with Crippen LogP contribution in [-0.2, 0) is 14.2 Å². The van der Waals surface area contributed by atoms with Crippen molar-refractivity contribution in [2.24, 2.45) is 5.73 Å². The fourth-order valence-corrected chi connectivity index (χ4v) is 2.48. The molecule has 0 unspecified atom stereocenters. The van der Waals surface area contributed by atoms with Gasteiger partial charge < -0.3 is 19.9 Å². The van der Waals surface area contributed by atoms with Gasteiger partial charge in [0.1, 0.15) is 12.7 Å². The molecule has 5 nitrogen and oxygen atoms in total. The first kappa shape index (κ1) is 17.2. The number of nitrogens with two attached hydrogens (primary N) is 1. The van der Waals surface area contributed by atoms with E-state index in [1.165, 1.54) is 38.5 Å². The Balaban J connectivity index is 2.06. The Hall–Kier alpha value is -0.810. The van der Waals surface area contributed by atoms with Crippen molar-refractivity contribution in [2.45, 2.75) is 77.1 Å². The Kier molecular flexibility index (Phi) is 7.92. The number of hydrogen-bond acceptors (Lipinski definition) is 4.